The summed E-state index contributed by atoms with van der Waals surface area (Å²) in [6, 6.07) is 21.5. The van der Waals surface area contributed by atoms with Crippen molar-refractivity contribution >= 4 is 38.5 Å². The summed E-state index contributed by atoms with van der Waals surface area (Å²) in [4.78, 5) is 28.7. The Hall–Kier alpha value is -3.38. The number of carbonyl (C=O) groups is 1. The predicted octanol–water partition coefficient (Wildman–Crippen LogP) is 5.70. The van der Waals surface area contributed by atoms with Crippen LogP contribution in [-0.4, -0.2) is 12.5 Å². The third-order valence-electron chi connectivity index (χ3n) is 5.37. The van der Waals surface area contributed by atoms with Gasteiger partial charge in [-0.25, -0.2) is 0 Å². The van der Waals surface area contributed by atoms with E-state index in [2.05, 4.69) is 15.9 Å². The van der Waals surface area contributed by atoms with E-state index in [-0.39, 0.29) is 17.1 Å². The van der Waals surface area contributed by atoms with Gasteiger partial charge in [-0.3, -0.25) is 14.5 Å². The molecular formula is C25H18BrNO4. The van der Waals surface area contributed by atoms with Gasteiger partial charge in [-0.15, -0.1) is 0 Å². The number of hydrogen-bond acceptors (Lipinski definition) is 4. The zero-order chi connectivity index (χ0) is 21.5. The van der Waals surface area contributed by atoms with Gasteiger partial charge in [-0.1, -0.05) is 46.3 Å². The average molecular weight is 476 g/mol. The second-order valence-corrected chi connectivity index (χ2v) is 8.15. The molecule has 2 heterocycles. The Balaban J connectivity index is 1.74. The largest absolute Gasteiger partial charge is 0.494 e. The molecule has 0 N–H and O–H groups in total. The molecule has 0 saturated heterocycles. The standard InChI is InChI=1S/C25H18BrNO4/c1-2-30-18-11-9-17(10-12-18)27-22(15-6-4-3-5-7-15)21-23(28)19-14-16(26)8-13-20(19)31-24(21)25(27)29/h3-14,22H,2H2,1H3. The van der Waals surface area contributed by atoms with Crippen LogP contribution in [0.2, 0.25) is 0 Å². The van der Waals surface area contributed by atoms with E-state index in [1.54, 1.807) is 23.1 Å². The van der Waals surface area contributed by atoms with Gasteiger partial charge >= 0.3 is 0 Å². The highest BCUT2D eigenvalue weighted by Gasteiger charge is 2.43. The molecule has 1 aliphatic rings. The molecule has 6 heteroatoms. The first-order valence-corrected chi connectivity index (χ1v) is 10.8. The molecule has 0 fully saturated rings. The van der Waals surface area contributed by atoms with Gasteiger partial charge in [0.05, 0.1) is 23.6 Å². The SMILES string of the molecule is CCOc1ccc(N2C(=O)c3oc4ccc(Br)cc4c(=O)c3C2c2ccccc2)cc1. The van der Waals surface area contributed by atoms with E-state index in [1.165, 1.54) is 0 Å². The summed E-state index contributed by atoms with van der Waals surface area (Å²) in [6.07, 6.45) is 0. The molecule has 0 radical (unpaired) electrons. The van der Waals surface area contributed by atoms with E-state index in [1.807, 2.05) is 61.5 Å². The summed E-state index contributed by atoms with van der Waals surface area (Å²) in [6.45, 7) is 2.47. The highest BCUT2D eigenvalue weighted by molar-refractivity contribution is 9.10. The second-order valence-electron chi connectivity index (χ2n) is 7.23. The minimum Gasteiger partial charge on any atom is -0.494 e. The number of fused-ring (bicyclic) bond motifs is 2. The molecule has 5 rings (SSSR count). The van der Waals surface area contributed by atoms with Crippen molar-refractivity contribution in [1.29, 1.82) is 0 Å². The lowest BCUT2D eigenvalue weighted by atomic mass is 9.98. The number of rotatable bonds is 4. The second kappa shape index (κ2) is 7.71. The number of hydrogen-bond donors (Lipinski definition) is 0. The van der Waals surface area contributed by atoms with E-state index >= 15 is 0 Å². The third-order valence-corrected chi connectivity index (χ3v) is 5.87. The summed E-state index contributed by atoms with van der Waals surface area (Å²) in [7, 11) is 0. The molecule has 0 bridgehead atoms. The quantitative estimate of drug-likeness (QED) is 0.379. The highest BCUT2D eigenvalue weighted by Crippen LogP contribution is 2.41. The van der Waals surface area contributed by atoms with Gasteiger partial charge in [0.2, 0.25) is 5.76 Å². The van der Waals surface area contributed by atoms with Crippen molar-refractivity contribution in [1.82, 2.24) is 0 Å². The lowest BCUT2D eigenvalue weighted by molar-refractivity contribution is 0.0971. The van der Waals surface area contributed by atoms with Gasteiger partial charge in [0.1, 0.15) is 11.3 Å². The number of halogens is 1. The van der Waals surface area contributed by atoms with Crippen LogP contribution in [0.5, 0.6) is 5.75 Å². The zero-order valence-electron chi connectivity index (χ0n) is 16.7. The first kappa shape index (κ1) is 19.6. The van der Waals surface area contributed by atoms with E-state index in [4.69, 9.17) is 9.15 Å². The molecule has 0 spiro atoms. The Bertz CT molecular complexity index is 1350. The van der Waals surface area contributed by atoms with Gasteiger partial charge in [0, 0.05) is 10.2 Å². The third kappa shape index (κ3) is 3.24. The lowest BCUT2D eigenvalue weighted by Crippen LogP contribution is -2.29. The normalized spacial score (nSPS) is 15.4. The number of nitrogens with zero attached hydrogens (tertiary/aromatic N) is 1. The minimum atomic E-state index is -0.582. The molecule has 1 amide bonds. The molecular weight excluding hydrogens is 458 g/mol. The molecule has 31 heavy (non-hydrogen) atoms. The maximum atomic E-state index is 13.5. The van der Waals surface area contributed by atoms with Gasteiger partial charge < -0.3 is 9.15 Å². The van der Waals surface area contributed by atoms with Crippen LogP contribution in [0, 0.1) is 0 Å². The lowest BCUT2D eigenvalue weighted by Gasteiger charge is -2.25. The summed E-state index contributed by atoms with van der Waals surface area (Å²) < 4.78 is 12.3. The summed E-state index contributed by atoms with van der Waals surface area (Å²) in [5, 5.41) is 0.440. The van der Waals surface area contributed by atoms with E-state index in [0.717, 1.165) is 15.8 Å². The average Bonchev–Trinajstić information content (AvgIpc) is 3.08. The van der Waals surface area contributed by atoms with Crippen molar-refractivity contribution < 1.29 is 13.9 Å². The number of amides is 1. The maximum Gasteiger partial charge on any atom is 0.295 e. The topological polar surface area (TPSA) is 59.8 Å². The summed E-state index contributed by atoms with van der Waals surface area (Å²) in [5.41, 5.74) is 2.05. The molecule has 1 unspecified atom stereocenters. The van der Waals surface area contributed by atoms with Crippen molar-refractivity contribution in [2.24, 2.45) is 0 Å². The maximum absolute atomic E-state index is 13.5. The van der Waals surface area contributed by atoms with Gasteiger partial charge in [-0.05, 0) is 55.0 Å². The van der Waals surface area contributed by atoms with E-state index < -0.39 is 6.04 Å². The molecule has 1 atom stereocenters. The Morgan fingerprint density at radius 2 is 1.74 bits per heavy atom. The van der Waals surface area contributed by atoms with Crippen LogP contribution in [0.4, 0.5) is 5.69 Å². The molecule has 4 aromatic rings. The summed E-state index contributed by atoms with van der Waals surface area (Å²) >= 11 is 3.42. The molecule has 0 aliphatic carbocycles. The van der Waals surface area contributed by atoms with Crippen LogP contribution in [0.3, 0.4) is 0 Å². The van der Waals surface area contributed by atoms with Gasteiger partial charge in [0.15, 0.2) is 5.43 Å². The van der Waals surface area contributed by atoms with E-state index in [9.17, 15) is 9.59 Å². The van der Waals surface area contributed by atoms with Crippen molar-refractivity contribution in [3.05, 3.63) is 104 Å². The molecule has 3 aromatic carbocycles. The van der Waals surface area contributed by atoms with Crippen LogP contribution in [0.15, 0.2) is 86.5 Å². The van der Waals surface area contributed by atoms with Crippen LogP contribution < -0.4 is 15.1 Å². The number of ether oxygens (including phenoxy) is 1. The molecule has 1 aromatic heterocycles. The van der Waals surface area contributed by atoms with Crippen molar-refractivity contribution in [2.45, 2.75) is 13.0 Å². The molecule has 0 saturated carbocycles. The summed E-state index contributed by atoms with van der Waals surface area (Å²) in [5.74, 6) is 0.467. The fourth-order valence-electron chi connectivity index (χ4n) is 4.03. The number of anilines is 1. The Morgan fingerprint density at radius 3 is 2.45 bits per heavy atom. The van der Waals surface area contributed by atoms with Crippen molar-refractivity contribution in [3.8, 4) is 5.75 Å². The smallest absolute Gasteiger partial charge is 0.295 e. The number of carbonyl (C=O) groups excluding carboxylic acids is 1. The highest BCUT2D eigenvalue weighted by atomic mass is 79.9. The van der Waals surface area contributed by atoms with Crippen LogP contribution in [0.25, 0.3) is 11.0 Å². The van der Waals surface area contributed by atoms with Crippen LogP contribution >= 0.6 is 15.9 Å². The minimum absolute atomic E-state index is 0.0857. The molecule has 5 nitrogen and oxygen atoms in total. The Labute approximate surface area is 187 Å². The monoisotopic (exact) mass is 475 g/mol. The fraction of sp³-hybridized carbons (Fsp3) is 0.120. The van der Waals surface area contributed by atoms with Crippen LogP contribution in [0.1, 0.15) is 34.6 Å². The van der Waals surface area contributed by atoms with Crippen molar-refractivity contribution in [2.75, 3.05) is 11.5 Å². The zero-order valence-corrected chi connectivity index (χ0v) is 18.3. The first-order chi connectivity index (χ1) is 15.1. The fourth-order valence-corrected chi connectivity index (χ4v) is 4.39. The Morgan fingerprint density at radius 1 is 1.00 bits per heavy atom. The molecule has 154 valence electrons. The van der Waals surface area contributed by atoms with Crippen LogP contribution in [-0.2, 0) is 0 Å². The molecule has 1 aliphatic heterocycles. The van der Waals surface area contributed by atoms with Gasteiger partial charge in [-0.2, -0.15) is 0 Å². The first-order valence-electron chi connectivity index (χ1n) is 9.96. The number of benzene rings is 3. The predicted molar refractivity (Wildman–Crippen MR) is 123 cm³/mol. The van der Waals surface area contributed by atoms with Crippen molar-refractivity contribution in [3.63, 3.8) is 0 Å². The Kier molecular flexibility index (Phi) is 4.87. The van der Waals surface area contributed by atoms with E-state index in [0.29, 0.717) is 28.8 Å². The van der Waals surface area contributed by atoms with Gasteiger partial charge in [0.25, 0.3) is 5.91 Å².